The Kier molecular flexibility index (Phi) is 18.8. The molecule has 0 aromatic heterocycles. The summed E-state index contributed by atoms with van der Waals surface area (Å²) in [6, 6.07) is 0. The molecule has 0 aliphatic carbocycles. The van der Waals surface area contributed by atoms with Crippen molar-refractivity contribution < 1.29 is 5.11 Å². The molecule has 3 N–H and O–H groups in total. The molecule has 6 heteroatoms. The fourth-order valence-electron chi connectivity index (χ4n) is 2.94. The predicted molar refractivity (Wildman–Crippen MR) is 121 cm³/mol. The van der Waals surface area contributed by atoms with Crippen LogP contribution in [0.3, 0.4) is 0 Å². The van der Waals surface area contributed by atoms with Gasteiger partial charge in [-0.1, -0.05) is 27.7 Å². The number of aliphatic hydroxyl groups is 1. The first-order valence-corrected chi connectivity index (χ1v) is 9.96. The van der Waals surface area contributed by atoms with Gasteiger partial charge < -0.3 is 20.6 Å². The summed E-state index contributed by atoms with van der Waals surface area (Å²) in [5.41, 5.74) is 0.125. The molecule has 152 valence electrons. The summed E-state index contributed by atoms with van der Waals surface area (Å²) >= 11 is 0. The smallest absolute Gasteiger partial charge is 0.191 e. The topological polar surface area (TPSA) is 59.9 Å². The highest BCUT2D eigenvalue weighted by atomic mass is 127. The van der Waals surface area contributed by atoms with Crippen LogP contribution in [0, 0.1) is 5.41 Å². The van der Waals surface area contributed by atoms with Crippen LogP contribution >= 0.6 is 24.0 Å². The van der Waals surface area contributed by atoms with E-state index in [4.69, 9.17) is 4.99 Å². The molecule has 0 aromatic rings. The standard InChI is InChI=1S/C19H42N4O.HI/c1-6-19(7-2,13-16-24)17-22-18(20-8-3)21-14-11-12-15-23(9-4)10-5;/h24H,6-17H2,1-5H3,(H2,20,21,22);1H. The summed E-state index contributed by atoms with van der Waals surface area (Å²) in [7, 11) is 0. The zero-order valence-corrected chi connectivity index (χ0v) is 19.6. The van der Waals surface area contributed by atoms with Gasteiger partial charge in [-0.15, -0.1) is 24.0 Å². The largest absolute Gasteiger partial charge is 0.396 e. The average molecular weight is 470 g/mol. The van der Waals surface area contributed by atoms with Crippen LogP contribution < -0.4 is 10.6 Å². The van der Waals surface area contributed by atoms with Crippen molar-refractivity contribution in [2.24, 2.45) is 10.4 Å². The Hall–Kier alpha value is -0.0800. The number of aliphatic hydroxyl groups excluding tert-OH is 1. The zero-order valence-electron chi connectivity index (χ0n) is 17.2. The maximum atomic E-state index is 9.33. The SMILES string of the molecule is CCNC(=NCC(CC)(CC)CCO)NCCCCN(CC)CC.I. The van der Waals surface area contributed by atoms with Gasteiger partial charge in [-0.05, 0) is 64.1 Å². The number of nitrogens with zero attached hydrogens (tertiary/aromatic N) is 2. The van der Waals surface area contributed by atoms with Crippen molar-refractivity contribution in [2.45, 2.75) is 66.7 Å². The van der Waals surface area contributed by atoms with E-state index in [1.807, 2.05) is 0 Å². The van der Waals surface area contributed by atoms with E-state index < -0.39 is 0 Å². The van der Waals surface area contributed by atoms with E-state index in [1.54, 1.807) is 0 Å². The van der Waals surface area contributed by atoms with Crippen LogP contribution in [0.2, 0.25) is 0 Å². The second kappa shape index (κ2) is 17.3. The molecule has 0 bridgehead atoms. The van der Waals surface area contributed by atoms with Crippen molar-refractivity contribution in [3.05, 3.63) is 0 Å². The van der Waals surface area contributed by atoms with E-state index in [9.17, 15) is 5.11 Å². The molecule has 0 unspecified atom stereocenters. The molecule has 0 saturated carbocycles. The molecular weight excluding hydrogens is 427 g/mol. The van der Waals surface area contributed by atoms with Crippen LogP contribution in [-0.4, -0.2) is 61.8 Å². The van der Waals surface area contributed by atoms with Gasteiger partial charge in [-0.2, -0.15) is 0 Å². The highest BCUT2D eigenvalue weighted by molar-refractivity contribution is 14.0. The van der Waals surface area contributed by atoms with Crippen LogP contribution in [0.15, 0.2) is 4.99 Å². The fourth-order valence-corrected chi connectivity index (χ4v) is 2.94. The van der Waals surface area contributed by atoms with Gasteiger partial charge >= 0.3 is 0 Å². The lowest BCUT2D eigenvalue weighted by atomic mass is 9.79. The molecule has 0 fully saturated rings. The summed E-state index contributed by atoms with van der Waals surface area (Å²) in [4.78, 5) is 7.25. The van der Waals surface area contributed by atoms with E-state index in [0.717, 1.165) is 64.4 Å². The number of aliphatic imine (C=N–C) groups is 1. The zero-order chi connectivity index (χ0) is 18.3. The second-order valence-electron chi connectivity index (χ2n) is 6.54. The maximum Gasteiger partial charge on any atom is 0.191 e. The van der Waals surface area contributed by atoms with Crippen LogP contribution in [-0.2, 0) is 0 Å². The van der Waals surface area contributed by atoms with E-state index in [0.29, 0.717) is 0 Å². The molecule has 0 aromatic carbocycles. The lowest BCUT2D eigenvalue weighted by Gasteiger charge is -2.29. The van der Waals surface area contributed by atoms with Crippen LogP contribution in [0.25, 0.3) is 0 Å². The number of hydrogen-bond acceptors (Lipinski definition) is 3. The molecule has 0 aliphatic rings. The first-order chi connectivity index (χ1) is 11.6. The highest BCUT2D eigenvalue weighted by Gasteiger charge is 2.25. The molecule has 5 nitrogen and oxygen atoms in total. The molecule has 0 saturated heterocycles. The van der Waals surface area contributed by atoms with Crippen molar-refractivity contribution in [1.82, 2.24) is 15.5 Å². The maximum absolute atomic E-state index is 9.33. The molecule has 0 atom stereocenters. The van der Waals surface area contributed by atoms with E-state index in [-0.39, 0.29) is 36.0 Å². The van der Waals surface area contributed by atoms with Gasteiger partial charge in [0.1, 0.15) is 0 Å². The Morgan fingerprint density at radius 3 is 2.12 bits per heavy atom. The van der Waals surface area contributed by atoms with Gasteiger partial charge in [0.05, 0.1) is 0 Å². The molecule has 0 spiro atoms. The number of nitrogens with one attached hydrogen (secondary N) is 2. The van der Waals surface area contributed by atoms with Gasteiger partial charge in [0, 0.05) is 26.2 Å². The summed E-state index contributed by atoms with van der Waals surface area (Å²) in [5.74, 6) is 0.907. The molecule has 0 rings (SSSR count). The van der Waals surface area contributed by atoms with E-state index in [1.165, 1.54) is 13.0 Å². The number of hydrogen-bond donors (Lipinski definition) is 3. The summed E-state index contributed by atoms with van der Waals surface area (Å²) in [5, 5.41) is 16.1. The lowest BCUT2D eigenvalue weighted by Crippen LogP contribution is -2.39. The number of rotatable bonds is 14. The Labute approximate surface area is 173 Å². The van der Waals surface area contributed by atoms with Gasteiger partial charge in [-0.25, -0.2) is 0 Å². The molecular formula is C19H43IN4O. The molecule has 25 heavy (non-hydrogen) atoms. The first-order valence-electron chi connectivity index (χ1n) is 9.96. The van der Waals surface area contributed by atoms with Crippen LogP contribution in [0.1, 0.15) is 66.7 Å². The van der Waals surface area contributed by atoms with E-state index in [2.05, 4.69) is 50.2 Å². The first kappa shape index (κ1) is 27.1. The minimum absolute atomic E-state index is 0. The molecule has 0 amide bonds. The fraction of sp³-hybridized carbons (Fsp3) is 0.947. The third kappa shape index (κ3) is 12.0. The van der Waals surface area contributed by atoms with Gasteiger partial charge in [0.25, 0.3) is 0 Å². The Balaban J connectivity index is 0. The third-order valence-electron chi connectivity index (χ3n) is 5.15. The van der Waals surface area contributed by atoms with Crippen molar-refractivity contribution >= 4 is 29.9 Å². The number of unbranched alkanes of at least 4 members (excludes halogenated alkanes) is 1. The van der Waals surface area contributed by atoms with Gasteiger partial charge in [0.2, 0.25) is 0 Å². The summed E-state index contributed by atoms with van der Waals surface area (Å²) < 4.78 is 0. The predicted octanol–water partition coefficient (Wildman–Crippen LogP) is 3.47. The third-order valence-corrected chi connectivity index (χ3v) is 5.15. The van der Waals surface area contributed by atoms with Crippen molar-refractivity contribution in [1.29, 1.82) is 0 Å². The minimum Gasteiger partial charge on any atom is -0.396 e. The van der Waals surface area contributed by atoms with Crippen molar-refractivity contribution in [3.63, 3.8) is 0 Å². The second-order valence-corrected chi connectivity index (χ2v) is 6.54. The quantitative estimate of drug-likeness (QED) is 0.158. The Morgan fingerprint density at radius 2 is 1.64 bits per heavy atom. The van der Waals surface area contributed by atoms with E-state index >= 15 is 0 Å². The van der Waals surface area contributed by atoms with Crippen LogP contribution in [0.5, 0.6) is 0 Å². The van der Waals surface area contributed by atoms with Gasteiger partial charge in [-0.3, -0.25) is 4.99 Å². The number of halogens is 1. The monoisotopic (exact) mass is 470 g/mol. The average Bonchev–Trinajstić information content (AvgIpc) is 2.61. The van der Waals surface area contributed by atoms with Crippen molar-refractivity contribution in [3.8, 4) is 0 Å². The molecule has 0 aliphatic heterocycles. The highest BCUT2D eigenvalue weighted by Crippen LogP contribution is 2.30. The number of guanidine groups is 1. The normalized spacial score (nSPS) is 12.2. The Bertz CT molecular complexity index is 319. The Morgan fingerprint density at radius 1 is 1.00 bits per heavy atom. The van der Waals surface area contributed by atoms with Crippen molar-refractivity contribution in [2.75, 3.05) is 45.9 Å². The molecule has 0 heterocycles. The lowest BCUT2D eigenvalue weighted by molar-refractivity contribution is 0.175. The molecule has 0 radical (unpaired) electrons. The summed E-state index contributed by atoms with van der Waals surface area (Å²) in [6.07, 6.45) is 5.30. The minimum atomic E-state index is 0. The van der Waals surface area contributed by atoms with Gasteiger partial charge in [0.15, 0.2) is 5.96 Å². The van der Waals surface area contributed by atoms with Crippen LogP contribution in [0.4, 0.5) is 0 Å². The summed E-state index contributed by atoms with van der Waals surface area (Å²) in [6.45, 7) is 17.2.